The summed E-state index contributed by atoms with van der Waals surface area (Å²) in [6.45, 7) is 2.45. The van der Waals surface area contributed by atoms with Gasteiger partial charge in [-0.2, -0.15) is 0 Å². The normalized spacial score (nSPS) is 19.4. The molecule has 1 aliphatic heterocycles. The molecule has 7 heteroatoms. The van der Waals surface area contributed by atoms with E-state index in [9.17, 15) is 13.2 Å². The Morgan fingerprint density at radius 3 is 2.73 bits per heavy atom. The smallest absolute Gasteiger partial charge is 0.253 e. The topological polar surface area (TPSA) is 75.7 Å². The number of hydrogen-bond donors (Lipinski definition) is 1. The van der Waals surface area contributed by atoms with Crippen molar-refractivity contribution < 1.29 is 17.9 Å². The Morgan fingerprint density at radius 2 is 2.05 bits per heavy atom. The van der Waals surface area contributed by atoms with Crippen LogP contribution in [-0.4, -0.2) is 45.9 Å². The van der Waals surface area contributed by atoms with Crippen molar-refractivity contribution in [3.63, 3.8) is 0 Å². The molecule has 1 aromatic carbocycles. The first-order valence-electron chi connectivity index (χ1n) is 7.46. The SMILES string of the molecule is CCCCS(=O)(=O)NCC1CN(c2ccccc2)C(=O)CO1. The Morgan fingerprint density at radius 1 is 1.32 bits per heavy atom. The summed E-state index contributed by atoms with van der Waals surface area (Å²) in [5.74, 6) is 0.00802. The van der Waals surface area contributed by atoms with E-state index in [1.165, 1.54) is 0 Å². The molecule has 1 unspecified atom stereocenters. The van der Waals surface area contributed by atoms with Gasteiger partial charge < -0.3 is 9.64 Å². The molecule has 1 heterocycles. The Kier molecular flexibility index (Phi) is 5.93. The van der Waals surface area contributed by atoms with Crippen molar-refractivity contribution >= 4 is 21.6 Å². The maximum atomic E-state index is 11.9. The summed E-state index contributed by atoms with van der Waals surface area (Å²) < 4.78 is 31.6. The van der Waals surface area contributed by atoms with E-state index in [1.54, 1.807) is 4.90 Å². The number of carbonyl (C=O) groups excluding carboxylic acids is 1. The van der Waals surface area contributed by atoms with E-state index in [4.69, 9.17) is 4.74 Å². The van der Waals surface area contributed by atoms with Crippen molar-refractivity contribution in [2.45, 2.75) is 25.9 Å². The summed E-state index contributed by atoms with van der Waals surface area (Å²) in [5.41, 5.74) is 0.801. The molecule has 0 aromatic heterocycles. The van der Waals surface area contributed by atoms with Crippen LogP contribution in [0.25, 0.3) is 0 Å². The van der Waals surface area contributed by atoms with Gasteiger partial charge in [-0.05, 0) is 18.6 Å². The minimum absolute atomic E-state index is 0.0315. The van der Waals surface area contributed by atoms with Gasteiger partial charge in [0.05, 0.1) is 18.4 Å². The number of sulfonamides is 1. The second-order valence-electron chi connectivity index (χ2n) is 5.29. The summed E-state index contributed by atoms with van der Waals surface area (Å²) in [4.78, 5) is 13.6. The molecule has 0 spiro atoms. The van der Waals surface area contributed by atoms with Gasteiger partial charge in [-0.15, -0.1) is 0 Å². The second kappa shape index (κ2) is 7.71. The summed E-state index contributed by atoms with van der Waals surface area (Å²) in [7, 11) is -3.27. The highest BCUT2D eigenvalue weighted by molar-refractivity contribution is 7.89. The van der Waals surface area contributed by atoms with Crippen LogP contribution in [0.5, 0.6) is 0 Å². The summed E-state index contributed by atoms with van der Waals surface area (Å²) >= 11 is 0. The second-order valence-corrected chi connectivity index (χ2v) is 7.22. The minimum Gasteiger partial charge on any atom is -0.365 e. The third-order valence-corrected chi connectivity index (χ3v) is 4.93. The molecule has 0 radical (unpaired) electrons. The predicted molar refractivity (Wildman–Crippen MR) is 85.2 cm³/mol. The van der Waals surface area contributed by atoms with Crippen LogP contribution < -0.4 is 9.62 Å². The third kappa shape index (κ3) is 4.79. The van der Waals surface area contributed by atoms with Gasteiger partial charge in [0.1, 0.15) is 6.61 Å². The van der Waals surface area contributed by atoms with Gasteiger partial charge in [-0.3, -0.25) is 4.79 Å². The Balaban J connectivity index is 1.92. The van der Waals surface area contributed by atoms with Gasteiger partial charge in [0.15, 0.2) is 0 Å². The number of benzene rings is 1. The number of anilines is 1. The molecule has 6 nitrogen and oxygen atoms in total. The average molecular weight is 326 g/mol. The zero-order chi connectivity index (χ0) is 16.0. The Bertz CT molecular complexity index is 589. The number of amides is 1. The molecular formula is C15H22N2O4S. The van der Waals surface area contributed by atoms with Crippen LogP contribution in [0.4, 0.5) is 5.69 Å². The van der Waals surface area contributed by atoms with Gasteiger partial charge in [-0.25, -0.2) is 13.1 Å². The number of nitrogens with zero attached hydrogens (tertiary/aromatic N) is 1. The number of rotatable bonds is 7. The molecule has 1 N–H and O–H groups in total. The molecule has 0 saturated carbocycles. The van der Waals surface area contributed by atoms with Crippen LogP contribution in [0.15, 0.2) is 30.3 Å². The van der Waals surface area contributed by atoms with Crippen molar-refractivity contribution in [3.8, 4) is 0 Å². The number of ether oxygens (including phenoxy) is 1. The molecule has 1 aromatic rings. The summed E-state index contributed by atoms with van der Waals surface area (Å²) in [5, 5.41) is 0. The predicted octanol–water partition coefficient (Wildman–Crippen LogP) is 1.14. The highest BCUT2D eigenvalue weighted by Crippen LogP contribution is 2.17. The molecule has 0 aliphatic carbocycles. The molecule has 1 amide bonds. The summed E-state index contributed by atoms with van der Waals surface area (Å²) in [6.07, 6.45) is 1.13. The van der Waals surface area contributed by atoms with E-state index in [2.05, 4.69) is 4.72 Å². The van der Waals surface area contributed by atoms with Gasteiger partial charge in [0.2, 0.25) is 10.0 Å². The molecule has 22 heavy (non-hydrogen) atoms. The lowest BCUT2D eigenvalue weighted by Gasteiger charge is -2.32. The van der Waals surface area contributed by atoms with Crippen LogP contribution in [0.3, 0.4) is 0 Å². The van der Waals surface area contributed by atoms with Crippen molar-refractivity contribution in [2.24, 2.45) is 0 Å². The first kappa shape index (κ1) is 16.9. The molecule has 1 aliphatic rings. The van der Waals surface area contributed by atoms with Gasteiger partial charge >= 0.3 is 0 Å². The maximum Gasteiger partial charge on any atom is 0.253 e. The minimum atomic E-state index is -3.27. The van der Waals surface area contributed by atoms with Crippen LogP contribution in [0, 0.1) is 0 Å². The fraction of sp³-hybridized carbons (Fsp3) is 0.533. The molecule has 122 valence electrons. The van der Waals surface area contributed by atoms with E-state index < -0.39 is 10.0 Å². The standard InChI is InChI=1S/C15H22N2O4S/c1-2-3-9-22(19,20)16-10-14-11-17(15(18)12-21-14)13-7-5-4-6-8-13/h4-8,14,16H,2-3,9-12H2,1H3. The van der Waals surface area contributed by atoms with Gasteiger partial charge in [0.25, 0.3) is 5.91 Å². The fourth-order valence-corrected chi connectivity index (χ4v) is 3.49. The number of para-hydroxylation sites is 1. The van der Waals surface area contributed by atoms with E-state index in [0.29, 0.717) is 13.0 Å². The Labute approximate surface area is 131 Å². The van der Waals surface area contributed by atoms with Crippen molar-refractivity contribution in [1.29, 1.82) is 0 Å². The average Bonchev–Trinajstić information content (AvgIpc) is 2.53. The fourth-order valence-electron chi connectivity index (χ4n) is 2.23. The zero-order valence-electron chi connectivity index (χ0n) is 12.7. The maximum absolute atomic E-state index is 11.9. The first-order chi connectivity index (χ1) is 10.5. The van der Waals surface area contributed by atoms with Gasteiger partial charge in [0, 0.05) is 12.2 Å². The van der Waals surface area contributed by atoms with E-state index >= 15 is 0 Å². The number of unbranched alkanes of at least 4 members (excludes halogenated alkanes) is 1. The van der Waals surface area contributed by atoms with Gasteiger partial charge in [-0.1, -0.05) is 31.5 Å². The van der Waals surface area contributed by atoms with Crippen molar-refractivity contribution in [2.75, 3.05) is 30.3 Å². The molecule has 2 rings (SSSR count). The molecule has 1 atom stereocenters. The highest BCUT2D eigenvalue weighted by atomic mass is 32.2. The summed E-state index contributed by atoms with van der Waals surface area (Å²) in [6, 6.07) is 9.31. The van der Waals surface area contributed by atoms with E-state index in [1.807, 2.05) is 37.3 Å². The van der Waals surface area contributed by atoms with Crippen LogP contribution in [0.1, 0.15) is 19.8 Å². The molecule has 1 fully saturated rings. The molecular weight excluding hydrogens is 304 g/mol. The number of nitrogens with one attached hydrogen (secondary N) is 1. The van der Waals surface area contributed by atoms with Crippen LogP contribution in [-0.2, 0) is 19.6 Å². The molecule has 1 saturated heterocycles. The highest BCUT2D eigenvalue weighted by Gasteiger charge is 2.28. The quantitative estimate of drug-likeness (QED) is 0.815. The first-order valence-corrected chi connectivity index (χ1v) is 9.11. The van der Waals surface area contributed by atoms with Crippen LogP contribution in [0.2, 0.25) is 0 Å². The lowest BCUT2D eigenvalue weighted by molar-refractivity contribution is -0.129. The van der Waals surface area contributed by atoms with Crippen molar-refractivity contribution in [3.05, 3.63) is 30.3 Å². The van der Waals surface area contributed by atoms with E-state index in [0.717, 1.165) is 12.1 Å². The molecule has 0 bridgehead atoms. The Hall–Kier alpha value is -1.44. The number of carbonyl (C=O) groups is 1. The lowest BCUT2D eigenvalue weighted by Crippen LogP contribution is -2.50. The van der Waals surface area contributed by atoms with Crippen molar-refractivity contribution in [1.82, 2.24) is 4.72 Å². The zero-order valence-corrected chi connectivity index (χ0v) is 13.5. The van der Waals surface area contributed by atoms with Crippen LogP contribution >= 0.6 is 0 Å². The third-order valence-electron chi connectivity index (χ3n) is 3.50. The van der Waals surface area contributed by atoms with E-state index in [-0.39, 0.29) is 30.9 Å². The largest absolute Gasteiger partial charge is 0.365 e. The lowest BCUT2D eigenvalue weighted by atomic mass is 10.2. The number of hydrogen-bond acceptors (Lipinski definition) is 4. The monoisotopic (exact) mass is 326 g/mol. The number of morpholine rings is 1.